The molecule has 1 saturated heterocycles. The number of hydrogen-bond donors (Lipinski definition) is 6. The molecule has 1 rings (SSSR count). The third kappa shape index (κ3) is 18.7. The number of carbonyl (C=O) groups is 1. The van der Waals surface area contributed by atoms with Crippen molar-refractivity contribution in [3.63, 3.8) is 0 Å². The Labute approximate surface area is 262 Å². The molecule has 1 aliphatic heterocycles. The number of aliphatic hydroxyl groups excluding tert-OH is 5. The van der Waals surface area contributed by atoms with E-state index < -0.39 is 49.5 Å². The molecular formula is C34H67NO8. The van der Waals surface area contributed by atoms with Gasteiger partial charge in [-0.3, -0.25) is 4.79 Å². The van der Waals surface area contributed by atoms with Crippen molar-refractivity contribution < 1.29 is 39.8 Å². The van der Waals surface area contributed by atoms with Gasteiger partial charge in [-0.15, -0.1) is 0 Å². The Morgan fingerprint density at radius 1 is 0.698 bits per heavy atom. The Morgan fingerprint density at radius 2 is 1.16 bits per heavy atom. The molecule has 7 atom stereocenters. The second kappa shape index (κ2) is 26.4. The van der Waals surface area contributed by atoms with Crippen LogP contribution in [-0.2, 0) is 14.3 Å². The van der Waals surface area contributed by atoms with E-state index in [1.807, 2.05) is 0 Å². The predicted octanol–water partition coefficient (Wildman–Crippen LogP) is 5.27. The summed E-state index contributed by atoms with van der Waals surface area (Å²) in [7, 11) is 0. The molecule has 1 heterocycles. The zero-order valence-corrected chi connectivity index (χ0v) is 27.5. The molecule has 1 aliphatic rings. The average molecular weight is 618 g/mol. The average Bonchev–Trinajstić information content (AvgIpc) is 3.00. The van der Waals surface area contributed by atoms with Crippen LogP contribution in [0, 0.1) is 0 Å². The Kier molecular flexibility index (Phi) is 24.7. The van der Waals surface area contributed by atoms with E-state index in [2.05, 4.69) is 19.2 Å². The van der Waals surface area contributed by atoms with Gasteiger partial charge in [0.05, 0.1) is 25.4 Å². The minimum atomic E-state index is -1.54. The minimum absolute atomic E-state index is 0.134. The summed E-state index contributed by atoms with van der Waals surface area (Å²) >= 11 is 0. The van der Waals surface area contributed by atoms with Crippen molar-refractivity contribution >= 4 is 5.91 Å². The first-order valence-electron chi connectivity index (χ1n) is 17.7. The molecule has 1 fully saturated rings. The minimum Gasteiger partial charge on any atom is -0.394 e. The van der Waals surface area contributed by atoms with E-state index in [-0.39, 0.29) is 12.5 Å². The van der Waals surface area contributed by atoms with Crippen molar-refractivity contribution in [2.75, 3.05) is 13.2 Å². The van der Waals surface area contributed by atoms with Crippen LogP contribution in [0.4, 0.5) is 0 Å². The van der Waals surface area contributed by atoms with Gasteiger partial charge in [0.1, 0.15) is 24.4 Å². The number of amides is 1. The Hall–Kier alpha value is -0.810. The lowest BCUT2D eigenvalue weighted by molar-refractivity contribution is -0.302. The highest BCUT2D eigenvalue weighted by Crippen LogP contribution is 2.23. The molecule has 9 nitrogen and oxygen atoms in total. The second-order valence-electron chi connectivity index (χ2n) is 12.7. The van der Waals surface area contributed by atoms with Crippen molar-refractivity contribution in [2.24, 2.45) is 0 Å². The van der Waals surface area contributed by atoms with Crippen LogP contribution < -0.4 is 5.32 Å². The predicted molar refractivity (Wildman–Crippen MR) is 171 cm³/mol. The summed E-state index contributed by atoms with van der Waals surface area (Å²) in [6.45, 7) is 3.75. The highest BCUT2D eigenvalue weighted by molar-refractivity contribution is 5.76. The fourth-order valence-corrected chi connectivity index (χ4v) is 5.75. The topological polar surface area (TPSA) is 149 Å². The lowest BCUT2D eigenvalue weighted by Gasteiger charge is -2.40. The van der Waals surface area contributed by atoms with Gasteiger partial charge in [-0.25, -0.2) is 0 Å². The van der Waals surface area contributed by atoms with E-state index in [0.29, 0.717) is 12.8 Å². The summed E-state index contributed by atoms with van der Waals surface area (Å²) in [5, 5.41) is 53.8. The number of unbranched alkanes of at least 4 members (excludes halogenated alkanes) is 18. The van der Waals surface area contributed by atoms with Crippen molar-refractivity contribution in [3.8, 4) is 0 Å². The first-order valence-corrected chi connectivity index (χ1v) is 17.7. The normalized spacial score (nSPS) is 23.7. The molecule has 0 aromatic heterocycles. The highest BCUT2D eigenvalue weighted by atomic mass is 16.7. The first-order chi connectivity index (χ1) is 20.8. The molecule has 1 amide bonds. The van der Waals surface area contributed by atoms with E-state index in [1.165, 1.54) is 89.9 Å². The zero-order chi connectivity index (χ0) is 31.7. The summed E-state index contributed by atoms with van der Waals surface area (Å²) in [6.07, 6.45) is 17.0. The van der Waals surface area contributed by atoms with Crippen LogP contribution in [0.3, 0.4) is 0 Å². The van der Waals surface area contributed by atoms with E-state index in [4.69, 9.17) is 9.47 Å². The lowest BCUT2D eigenvalue weighted by atomic mass is 9.99. The largest absolute Gasteiger partial charge is 0.394 e. The summed E-state index contributed by atoms with van der Waals surface area (Å²) in [4.78, 5) is 12.7. The van der Waals surface area contributed by atoms with Gasteiger partial charge in [-0.1, -0.05) is 136 Å². The molecule has 0 radical (unpaired) electrons. The summed E-state index contributed by atoms with van der Waals surface area (Å²) in [5.41, 5.74) is 0. The number of carbonyl (C=O) groups excluding carboxylic acids is 1. The fourth-order valence-electron chi connectivity index (χ4n) is 5.75. The Morgan fingerprint density at radius 3 is 1.65 bits per heavy atom. The summed E-state index contributed by atoms with van der Waals surface area (Å²) in [6, 6.07) is -0.707. The molecule has 43 heavy (non-hydrogen) atoms. The monoisotopic (exact) mass is 617 g/mol. The SMILES string of the molecule is CCCCCCCCCCCCCCC[C@@H](O)[C@H](CO[C@H]1O[C@H](CO)[C@H](O)[C@H](O)[C@H]1O)NC(=O)CCCCCCCCC. The third-order valence-electron chi connectivity index (χ3n) is 8.71. The van der Waals surface area contributed by atoms with Crippen LogP contribution in [0.25, 0.3) is 0 Å². The second-order valence-corrected chi connectivity index (χ2v) is 12.7. The van der Waals surface area contributed by atoms with Crippen molar-refractivity contribution in [2.45, 2.75) is 198 Å². The third-order valence-corrected chi connectivity index (χ3v) is 8.71. The van der Waals surface area contributed by atoms with Gasteiger partial charge in [0, 0.05) is 6.42 Å². The van der Waals surface area contributed by atoms with Crippen molar-refractivity contribution in [1.29, 1.82) is 0 Å². The summed E-state index contributed by atoms with van der Waals surface area (Å²) in [5.74, 6) is -0.152. The van der Waals surface area contributed by atoms with Gasteiger partial charge in [0.15, 0.2) is 6.29 Å². The molecule has 0 aliphatic carbocycles. The van der Waals surface area contributed by atoms with Gasteiger partial charge in [-0.05, 0) is 12.8 Å². The molecule has 0 unspecified atom stereocenters. The quantitative estimate of drug-likeness (QED) is 0.0651. The molecule has 0 spiro atoms. The van der Waals surface area contributed by atoms with Gasteiger partial charge in [0.25, 0.3) is 0 Å². The molecular weight excluding hydrogens is 550 g/mol. The zero-order valence-electron chi connectivity index (χ0n) is 27.5. The maximum atomic E-state index is 12.7. The molecule has 0 bridgehead atoms. The molecule has 9 heteroatoms. The first kappa shape index (κ1) is 40.2. The van der Waals surface area contributed by atoms with Crippen LogP contribution >= 0.6 is 0 Å². The lowest BCUT2D eigenvalue weighted by Crippen LogP contribution is -2.60. The number of nitrogens with one attached hydrogen (secondary N) is 1. The van der Waals surface area contributed by atoms with E-state index in [1.54, 1.807) is 0 Å². The fraction of sp³-hybridized carbons (Fsp3) is 0.971. The number of aliphatic hydroxyl groups is 5. The van der Waals surface area contributed by atoms with Crippen LogP contribution in [0.1, 0.15) is 155 Å². The van der Waals surface area contributed by atoms with Crippen molar-refractivity contribution in [3.05, 3.63) is 0 Å². The molecule has 256 valence electrons. The Bertz CT molecular complexity index is 652. The van der Waals surface area contributed by atoms with Crippen LogP contribution in [0.15, 0.2) is 0 Å². The maximum absolute atomic E-state index is 12.7. The number of rotatable bonds is 28. The number of hydrogen-bond acceptors (Lipinski definition) is 8. The van der Waals surface area contributed by atoms with E-state index in [0.717, 1.165) is 38.5 Å². The standard InChI is InChI=1S/C34H67NO8/c1-3-5-7-9-11-12-13-14-15-16-18-19-21-23-28(37)27(35-30(38)24-22-20-17-10-8-6-4-2)26-42-34-33(41)32(40)31(39)29(25-36)43-34/h27-29,31-34,36-37,39-41H,3-26H2,1-2H3,(H,35,38)/t27-,28+,29+,31-,32-,33+,34-/m0/s1. The maximum Gasteiger partial charge on any atom is 0.220 e. The van der Waals surface area contributed by atoms with Crippen LogP contribution in [-0.4, -0.2) is 87.5 Å². The molecule has 6 N–H and O–H groups in total. The smallest absolute Gasteiger partial charge is 0.220 e. The highest BCUT2D eigenvalue weighted by Gasteiger charge is 2.44. The van der Waals surface area contributed by atoms with E-state index >= 15 is 0 Å². The Balaban J connectivity index is 2.44. The van der Waals surface area contributed by atoms with Gasteiger partial charge < -0.3 is 40.3 Å². The molecule has 0 saturated carbocycles. The van der Waals surface area contributed by atoms with Gasteiger partial charge in [0.2, 0.25) is 5.91 Å². The summed E-state index contributed by atoms with van der Waals surface area (Å²) < 4.78 is 11.1. The van der Waals surface area contributed by atoms with Crippen molar-refractivity contribution in [1.82, 2.24) is 5.32 Å². The molecule has 0 aromatic rings. The number of ether oxygens (including phenoxy) is 2. The van der Waals surface area contributed by atoms with E-state index in [9.17, 15) is 30.3 Å². The van der Waals surface area contributed by atoms with Crippen LogP contribution in [0.5, 0.6) is 0 Å². The molecule has 0 aromatic carbocycles. The van der Waals surface area contributed by atoms with Gasteiger partial charge >= 0.3 is 0 Å². The van der Waals surface area contributed by atoms with Gasteiger partial charge in [-0.2, -0.15) is 0 Å². The van der Waals surface area contributed by atoms with Crippen LogP contribution in [0.2, 0.25) is 0 Å².